The highest BCUT2D eigenvalue weighted by molar-refractivity contribution is 5.92. The second kappa shape index (κ2) is 4.36. The highest BCUT2D eigenvalue weighted by Crippen LogP contribution is 2.55. The zero-order valence-corrected chi connectivity index (χ0v) is 13.4. The predicted molar refractivity (Wildman–Crippen MR) is 79.6 cm³/mol. The van der Waals surface area contributed by atoms with Crippen LogP contribution in [0.15, 0.2) is 11.3 Å². The first-order valence-corrected chi connectivity index (χ1v) is 7.66. The van der Waals surface area contributed by atoms with Crippen molar-refractivity contribution in [2.24, 2.45) is 16.2 Å². The normalized spacial score (nSPS) is 24.0. The molecule has 2 nitrogen and oxygen atoms in total. The molecule has 1 aliphatic carbocycles. The highest BCUT2D eigenvalue weighted by Gasteiger charge is 2.53. The van der Waals surface area contributed by atoms with Gasteiger partial charge in [-0.1, -0.05) is 60.8 Å². The summed E-state index contributed by atoms with van der Waals surface area (Å²) in [5.74, 6) is 0.266. The monoisotopic (exact) mass is 263 g/mol. The van der Waals surface area contributed by atoms with E-state index in [0.717, 1.165) is 12.8 Å². The van der Waals surface area contributed by atoms with Gasteiger partial charge in [0.15, 0.2) is 0 Å². The van der Waals surface area contributed by atoms with Crippen LogP contribution < -0.4 is 5.32 Å². The Bertz CT molecular complexity index is 412. The van der Waals surface area contributed by atoms with E-state index in [-0.39, 0.29) is 22.2 Å². The summed E-state index contributed by atoms with van der Waals surface area (Å²) < 4.78 is 0. The summed E-state index contributed by atoms with van der Waals surface area (Å²) in [6.07, 6.45) is 5.71. The van der Waals surface area contributed by atoms with Crippen molar-refractivity contribution in [1.29, 1.82) is 0 Å². The van der Waals surface area contributed by atoms with E-state index < -0.39 is 0 Å². The van der Waals surface area contributed by atoms with Crippen LogP contribution in [-0.4, -0.2) is 5.91 Å². The zero-order valence-electron chi connectivity index (χ0n) is 13.4. The molecule has 108 valence electrons. The van der Waals surface area contributed by atoms with Gasteiger partial charge in [-0.05, 0) is 23.8 Å². The molecule has 1 fully saturated rings. The summed E-state index contributed by atoms with van der Waals surface area (Å²) in [7, 11) is 0. The molecule has 0 aromatic heterocycles. The standard InChI is InChI=1S/C17H29NO/c1-15(2,3)12-13(16(4,5)6)18-14(19)17(12)10-8-7-9-11-17/h7-11H2,1-6H3,(H,18,19). The largest absolute Gasteiger partial charge is 0.328 e. The number of amides is 1. The van der Waals surface area contributed by atoms with Crippen molar-refractivity contribution < 1.29 is 4.79 Å². The lowest BCUT2D eigenvalue weighted by Gasteiger charge is -2.40. The fraction of sp³-hybridized carbons (Fsp3) is 0.824. The van der Waals surface area contributed by atoms with E-state index in [1.165, 1.54) is 30.5 Å². The van der Waals surface area contributed by atoms with Crippen molar-refractivity contribution in [3.63, 3.8) is 0 Å². The van der Waals surface area contributed by atoms with Crippen LogP contribution in [0.5, 0.6) is 0 Å². The molecule has 2 aliphatic rings. The Morgan fingerprint density at radius 1 is 0.895 bits per heavy atom. The van der Waals surface area contributed by atoms with Crippen molar-refractivity contribution in [1.82, 2.24) is 5.32 Å². The number of allylic oxidation sites excluding steroid dienone is 1. The van der Waals surface area contributed by atoms with Gasteiger partial charge in [0.05, 0.1) is 5.41 Å². The molecule has 2 rings (SSSR count). The van der Waals surface area contributed by atoms with Gasteiger partial charge in [0.2, 0.25) is 5.91 Å². The van der Waals surface area contributed by atoms with E-state index in [2.05, 4.69) is 46.9 Å². The van der Waals surface area contributed by atoms with Crippen LogP contribution in [0.25, 0.3) is 0 Å². The summed E-state index contributed by atoms with van der Waals surface area (Å²) in [4.78, 5) is 12.7. The molecule has 2 heteroatoms. The van der Waals surface area contributed by atoms with E-state index in [0.29, 0.717) is 0 Å². The minimum Gasteiger partial charge on any atom is -0.328 e. The second-order valence-corrected chi connectivity index (χ2v) is 8.35. The molecule has 19 heavy (non-hydrogen) atoms. The first-order chi connectivity index (χ1) is 8.59. The molecule has 0 saturated heterocycles. The molecule has 0 aromatic carbocycles. The zero-order chi connectivity index (χ0) is 14.5. The van der Waals surface area contributed by atoms with Gasteiger partial charge in [-0.2, -0.15) is 0 Å². The lowest BCUT2D eigenvalue weighted by atomic mass is 9.61. The summed E-state index contributed by atoms with van der Waals surface area (Å²) in [5.41, 5.74) is 2.43. The van der Waals surface area contributed by atoms with Gasteiger partial charge >= 0.3 is 0 Å². The lowest BCUT2D eigenvalue weighted by Crippen LogP contribution is -2.39. The van der Waals surface area contributed by atoms with Crippen molar-refractivity contribution in [2.45, 2.75) is 73.6 Å². The molecule has 1 saturated carbocycles. The van der Waals surface area contributed by atoms with Crippen LogP contribution in [0, 0.1) is 16.2 Å². The smallest absolute Gasteiger partial charge is 0.234 e. The Balaban J connectivity index is 2.59. The van der Waals surface area contributed by atoms with Gasteiger partial charge in [0.25, 0.3) is 0 Å². The maximum atomic E-state index is 12.7. The second-order valence-electron chi connectivity index (χ2n) is 8.35. The van der Waals surface area contributed by atoms with E-state index in [1.807, 2.05) is 0 Å². The van der Waals surface area contributed by atoms with Crippen molar-refractivity contribution >= 4 is 5.91 Å². The van der Waals surface area contributed by atoms with Gasteiger partial charge in [-0.3, -0.25) is 4.79 Å². The molecular weight excluding hydrogens is 234 g/mol. The van der Waals surface area contributed by atoms with Gasteiger partial charge in [-0.15, -0.1) is 0 Å². The quantitative estimate of drug-likeness (QED) is 0.689. The number of nitrogens with one attached hydrogen (secondary N) is 1. The molecule has 1 heterocycles. The third-order valence-electron chi connectivity index (χ3n) is 4.61. The number of carbonyl (C=O) groups is 1. The summed E-state index contributed by atoms with van der Waals surface area (Å²) in [6.45, 7) is 13.4. The van der Waals surface area contributed by atoms with Crippen LogP contribution >= 0.6 is 0 Å². The van der Waals surface area contributed by atoms with E-state index in [4.69, 9.17) is 0 Å². The molecule has 1 spiro atoms. The summed E-state index contributed by atoms with van der Waals surface area (Å²) >= 11 is 0. The Labute approximate surface area is 118 Å². The highest BCUT2D eigenvalue weighted by atomic mass is 16.2. The molecule has 0 aromatic rings. The van der Waals surface area contributed by atoms with E-state index in [1.54, 1.807) is 0 Å². The Morgan fingerprint density at radius 2 is 1.42 bits per heavy atom. The molecule has 0 bridgehead atoms. The average Bonchev–Trinajstić information content (AvgIpc) is 2.53. The molecule has 0 atom stereocenters. The molecular formula is C17H29NO. The predicted octanol–water partition coefficient (Wildman–Crippen LogP) is 4.41. The summed E-state index contributed by atoms with van der Waals surface area (Å²) in [5, 5.41) is 3.25. The average molecular weight is 263 g/mol. The fourth-order valence-electron chi connectivity index (χ4n) is 3.94. The first kappa shape index (κ1) is 14.6. The molecule has 1 N–H and O–H groups in total. The third kappa shape index (κ3) is 2.34. The Kier molecular flexibility index (Phi) is 3.35. The Hall–Kier alpha value is -0.790. The molecule has 1 aliphatic heterocycles. The maximum Gasteiger partial charge on any atom is 0.234 e. The van der Waals surface area contributed by atoms with Gasteiger partial charge < -0.3 is 5.32 Å². The van der Waals surface area contributed by atoms with Crippen molar-refractivity contribution in [2.75, 3.05) is 0 Å². The molecule has 0 radical (unpaired) electrons. The van der Waals surface area contributed by atoms with Gasteiger partial charge in [0.1, 0.15) is 0 Å². The number of rotatable bonds is 0. The van der Waals surface area contributed by atoms with Gasteiger partial charge in [0, 0.05) is 11.1 Å². The van der Waals surface area contributed by atoms with Crippen LogP contribution in [0.2, 0.25) is 0 Å². The van der Waals surface area contributed by atoms with Crippen molar-refractivity contribution in [3.8, 4) is 0 Å². The maximum absolute atomic E-state index is 12.7. The topological polar surface area (TPSA) is 29.1 Å². The third-order valence-corrected chi connectivity index (χ3v) is 4.61. The first-order valence-electron chi connectivity index (χ1n) is 7.66. The minimum absolute atomic E-state index is 0.0131. The van der Waals surface area contributed by atoms with Crippen molar-refractivity contribution in [3.05, 3.63) is 11.3 Å². The van der Waals surface area contributed by atoms with E-state index >= 15 is 0 Å². The summed E-state index contributed by atoms with van der Waals surface area (Å²) in [6, 6.07) is 0. The number of hydrogen-bond acceptors (Lipinski definition) is 1. The van der Waals surface area contributed by atoms with Crippen LogP contribution in [0.3, 0.4) is 0 Å². The Morgan fingerprint density at radius 3 is 1.84 bits per heavy atom. The molecule has 1 amide bonds. The van der Waals surface area contributed by atoms with Crippen LogP contribution in [0.4, 0.5) is 0 Å². The van der Waals surface area contributed by atoms with Gasteiger partial charge in [-0.25, -0.2) is 0 Å². The number of carbonyl (C=O) groups excluding carboxylic acids is 1. The number of hydrogen-bond donors (Lipinski definition) is 1. The van der Waals surface area contributed by atoms with Crippen LogP contribution in [-0.2, 0) is 4.79 Å². The minimum atomic E-state index is -0.209. The van der Waals surface area contributed by atoms with Crippen LogP contribution in [0.1, 0.15) is 73.6 Å². The SMILES string of the molecule is CC(C)(C)C1=C(C(C)(C)C)C2(CCCCC2)C(=O)N1. The molecule has 0 unspecified atom stereocenters. The fourth-order valence-corrected chi connectivity index (χ4v) is 3.94. The lowest BCUT2D eigenvalue weighted by molar-refractivity contribution is -0.128. The van der Waals surface area contributed by atoms with E-state index in [9.17, 15) is 4.79 Å².